The predicted octanol–water partition coefficient (Wildman–Crippen LogP) is 2.01. The normalized spacial score (nSPS) is 15.8. The van der Waals surface area contributed by atoms with Gasteiger partial charge in [0, 0.05) is 25.8 Å². The molecular formula is C17H26N4O2. The van der Waals surface area contributed by atoms with E-state index in [9.17, 15) is 9.59 Å². The number of carbonyl (C=O) groups excluding carboxylic acids is 2. The summed E-state index contributed by atoms with van der Waals surface area (Å²) < 4.78 is 0. The Morgan fingerprint density at radius 3 is 2.65 bits per heavy atom. The second-order valence-corrected chi connectivity index (χ2v) is 5.89. The van der Waals surface area contributed by atoms with Crippen LogP contribution in [0.2, 0.25) is 0 Å². The maximum atomic E-state index is 12.4. The molecule has 2 rings (SSSR count). The number of amides is 3. The third-order valence-corrected chi connectivity index (χ3v) is 4.13. The van der Waals surface area contributed by atoms with Crippen LogP contribution in [0.4, 0.5) is 4.79 Å². The Bertz CT molecular complexity index is 515. The molecule has 6 nitrogen and oxygen atoms in total. The number of hydrogen-bond donors (Lipinski definition) is 1. The van der Waals surface area contributed by atoms with Gasteiger partial charge in [0.25, 0.3) is 0 Å². The molecule has 6 heteroatoms. The molecule has 126 valence electrons. The summed E-state index contributed by atoms with van der Waals surface area (Å²) in [5, 5.41) is 2.82. The summed E-state index contributed by atoms with van der Waals surface area (Å²) in [6, 6.07) is 4.91. The standard InChI is InChI=1S/C17H26N4O2/c1-3-20(13-15-9-5-6-10-18-15)17(23)19-14(2)16(22)21-11-7-4-8-12-21/h5-6,9-10,14H,3-4,7-8,11-13H2,1-2H3,(H,19,23)/t14-/m0/s1. The van der Waals surface area contributed by atoms with Gasteiger partial charge in [0.05, 0.1) is 12.2 Å². The fraction of sp³-hybridized carbons (Fsp3) is 0.588. The number of nitrogens with one attached hydrogen (secondary N) is 1. The van der Waals surface area contributed by atoms with E-state index in [4.69, 9.17) is 0 Å². The van der Waals surface area contributed by atoms with Crippen LogP contribution in [0.25, 0.3) is 0 Å². The van der Waals surface area contributed by atoms with Crippen LogP contribution in [-0.2, 0) is 11.3 Å². The van der Waals surface area contributed by atoms with Crippen molar-refractivity contribution in [3.63, 3.8) is 0 Å². The molecule has 3 amide bonds. The van der Waals surface area contributed by atoms with Gasteiger partial charge >= 0.3 is 6.03 Å². The smallest absolute Gasteiger partial charge is 0.318 e. The van der Waals surface area contributed by atoms with Gasteiger partial charge in [-0.3, -0.25) is 9.78 Å². The second kappa shape index (κ2) is 8.50. The maximum absolute atomic E-state index is 12.4. The quantitative estimate of drug-likeness (QED) is 0.903. The molecule has 0 aromatic carbocycles. The van der Waals surface area contributed by atoms with Gasteiger partial charge < -0.3 is 15.1 Å². The molecule has 0 bridgehead atoms. The average Bonchev–Trinajstić information content (AvgIpc) is 2.60. The highest BCUT2D eigenvalue weighted by Crippen LogP contribution is 2.10. The predicted molar refractivity (Wildman–Crippen MR) is 88.7 cm³/mol. The Kier molecular flexibility index (Phi) is 6.38. The zero-order chi connectivity index (χ0) is 16.7. The van der Waals surface area contributed by atoms with Crippen molar-refractivity contribution in [2.75, 3.05) is 19.6 Å². The molecule has 1 aliphatic rings. The minimum atomic E-state index is -0.501. The molecule has 2 heterocycles. The molecule has 1 fully saturated rings. The van der Waals surface area contributed by atoms with Crippen LogP contribution in [0.1, 0.15) is 38.8 Å². The highest BCUT2D eigenvalue weighted by molar-refractivity contribution is 5.86. The number of rotatable bonds is 5. The third-order valence-electron chi connectivity index (χ3n) is 4.13. The van der Waals surface area contributed by atoms with Gasteiger partial charge in [-0.05, 0) is 45.2 Å². The third kappa shape index (κ3) is 4.94. The number of urea groups is 1. The van der Waals surface area contributed by atoms with Crippen molar-refractivity contribution in [3.05, 3.63) is 30.1 Å². The number of aromatic nitrogens is 1. The number of hydrogen-bond acceptors (Lipinski definition) is 3. The largest absolute Gasteiger partial charge is 0.341 e. The van der Waals surface area contributed by atoms with Crippen LogP contribution in [0.5, 0.6) is 0 Å². The van der Waals surface area contributed by atoms with E-state index in [2.05, 4.69) is 10.3 Å². The van der Waals surface area contributed by atoms with Crippen molar-refractivity contribution >= 4 is 11.9 Å². The van der Waals surface area contributed by atoms with E-state index >= 15 is 0 Å². The minimum absolute atomic E-state index is 0.00643. The van der Waals surface area contributed by atoms with Gasteiger partial charge in [0.2, 0.25) is 5.91 Å². The van der Waals surface area contributed by atoms with Gasteiger partial charge in [-0.1, -0.05) is 6.07 Å². The highest BCUT2D eigenvalue weighted by Gasteiger charge is 2.24. The molecule has 23 heavy (non-hydrogen) atoms. The lowest BCUT2D eigenvalue weighted by atomic mass is 10.1. The number of nitrogens with zero attached hydrogens (tertiary/aromatic N) is 3. The highest BCUT2D eigenvalue weighted by atomic mass is 16.2. The molecule has 1 aromatic rings. The van der Waals surface area contributed by atoms with Gasteiger partial charge in [-0.15, -0.1) is 0 Å². The first kappa shape index (κ1) is 17.2. The number of piperidine rings is 1. The lowest BCUT2D eigenvalue weighted by Gasteiger charge is -2.30. The van der Waals surface area contributed by atoms with Gasteiger partial charge in [-0.25, -0.2) is 4.79 Å². The van der Waals surface area contributed by atoms with Crippen LogP contribution in [0, 0.1) is 0 Å². The summed E-state index contributed by atoms with van der Waals surface area (Å²) in [7, 11) is 0. The number of likely N-dealkylation sites (tertiary alicyclic amines) is 1. The van der Waals surface area contributed by atoms with Crippen molar-refractivity contribution in [1.82, 2.24) is 20.1 Å². The monoisotopic (exact) mass is 318 g/mol. The molecule has 1 N–H and O–H groups in total. The molecule has 0 radical (unpaired) electrons. The summed E-state index contributed by atoms with van der Waals surface area (Å²) in [5.41, 5.74) is 0.833. The Hall–Kier alpha value is -2.11. The van der Waals surface area contributed by atoms with Crippen molar-refractivity contribution in [3.8, 4) is 0 Å². The molecule has 1 atom stereocenters. The summed E-state index contributed by atoms with van der Waals surface area (Å²) in [4.78, 5) is 32.5. The molecule has 0 saturated carbocycles. The van der Waals surface area contributed by atoms with Crippen molar-refractivity contribution in [2.45, 2.75) is 45.7 Å². The van der Waals surface area contributed by atoms with Crippen LogP contribution >= 0.6 is 0 Å². The first-order valence-electron chi connectivity index (χ1n) is 8.36. The second-order valence-electron chi connectivity index (χ2n) is 5.89. The van der Waals surface area contributed by atoms with Crippen LogP contribution in [0.3, 0.4) is 0 Å². The Balaban J connectivity index is 1.89. The Labute approximate surface area is 137 Å². The molecular weight excluding hydrogens is 292 g/mol. The Morgan fingerprint density at radius 1 is 1.30 bits per heavy atom. The first-order valence-corrected chi connectivity index (χ1v) is 8.36. The number of carbonyl (C=O) groups is 2. The van der Waals surface area contributed by atoms with E-state index in [-0.39, 0.29) is 11.9 Å². The van der Waals surface area contributed by atoms with E-state index in [1.54, 1.807) is 18.0 Å². The molecule has 0 aliphatic carbocycles. The van der Waals surface area contributed by atoms with Crippen LogP contribution in [-0.4, -0.2) is 52.4 Å². The zero-order valence-corrected chi connectivity index (χ0v) is 14.0. The zero-order valence-electron chi connectivity index (χ0n) is 14.0. The summed E-state index contributed by atoms with van der Waals surface area (Å²) in [6.07, 6.45) is 4.99. The molecule has 0 unspecified atom stereocenters. The van der Waals surface area contributed by atoms with Crippen molar-refractivity contribution in [2.24, 2.45) is 0 Å². The summed E-state index contributed by atoms with van der Waals surface area (Å²) in [6.45, 7) is 6.26. The molecule has 1 saturated heterocycles. The fourth-order valence-corrected chi connectivity index (χ4v) is 2.74. The van der Waals surface area contributed by atoms with Gasteiger partial charge in [0.1, 0.15) is 6.04 Å². The minimum Gasteiger partial charge on any atom is -0.341 e. The lowest BCUT2D eigenvalue weighted by Crippen LogP contribution is -2.51. The van der Waals surface area contributed by atoms with E-state index in [1.165, 1.54) is 6.42 Å². The van der Waals surface area contributed by atoms with Gasteiger partial charge in [0.15, 0.2) is 0 Å². The summed E-state index contributed by atoms with van der Waals surface area (Å²) in [5.74, 6) is 0.00643. The maximum Gasteiger partial charge on any atom is 0.318 e. The summed E-state index contributed by atoms with van der Waals surface area (Å²) >= 11 is 0. The fourth-order valence-electron chi connectivity index (χ4n) is 2.74. The van der Waals surface area contributed by atoms with E-state index < -0.39 is 6.04 Å². The average molecular weight is 318 g/mol. The Morgan fingerprint density at radius 2 is 2.04 bits per heavy atom. The van der Waals surface area contributed by atoms with Crippen molar-refractivity contribution in [1.29, 1.82) is 0 Å². The van der Waals surface area contributed by atoms with E-state index in [0.717, 1.165) is 31.6 Å². The van der Waals surface area contributed by atoms with Gasteiger partial charge in [-0.2, -0.15) is 0 Å². The van der Waals surface area contributed by atoms with Crippen molar-refractivity contribution < 1.29 is 9.59 Å². The molecule has 0 spiro atoms. The lowest BCUT2D eigenvalue weighted by molar-refractivity contribution is -0.133. The topological polar surface area (TPSA) is 65.5 Å². The van der Waals surface area contributed by atoms with Crippen LogP contribution in [0.15, 0.2) is 24.4 Å². The molecule has 1 aliphatic heterocycles. The molecule has 1 aromatic heterocycles. The van der Waals surface area contributed by atoms with E-state index in [1.807, 2.05) is 30.0 Å². The van der Waals surface area contributed by atoms with Crippen LogP contribution < -0.4 is 5.32 Å². The number of pyridine rings is 1. The SMILES string of the molecule is CCN(Cc1ccccn1)C(=O)N[C@@H](C)C(=O)N1CCCCC1. The first-order chi connectivity index (χ1) is 11.1. The van der Waals surface area contributed by atoms with E-state index in [0.29, 0.717) is 13.1 Å².